The van der Waals surface area contributed by atoms with E-state index in [1.54, 1.807) is 0 Å². The van der Waals surface area contributed by atoms with E-state index in [2.05, 4.69) is 11.3 Å². The second kappa shape index (κ2) is 11.8. The van der Waals surface area contributed by atoms with Crippen LogP contribution in [-0.2, 0) is 13.3 Å². The Kier molecular flexibility index (Phi) is 11.7. The molecule has 0 rings (SSSR count). The molecule has 0 aromatic carbocycles. The Hall–Kier alpha value is -0.0431. The van der Waals surface area contributed by atoms with Gasteiger partial charge in [0.1, 0.15) is 0 Å². The van der Waals surface area contributed by atoms with Crippen molar-refractivity contribution in [1.29, 1.82) is 0 Å². The summed E-state index contributed by atoms with van der Waals surface area (Å²) >= 11 is 0. The SMILES string of the molecule is CCCCCCCCCC[Si](OC)(OC)OC(F)F. The first-order valence-corrected chi connectivity index (χ1v) is 9.09. The van der Waals surface area contributed by atoms with E-state index in [0.29, 0.717) is 6.04 Å². The number of hydrogen-bond acceptors (Lipinski definition) is 3. The van der Waals surface area contributed by atoms with Crippen LogP contribution in [0.5, 0.6) is 0 Å². The van der Waals surface area contributed by atoms with E-state index in [1.165, 1.54) is 46.3 Å². The first-order chi connectivity index (χ1) is 9.10. The molecule has 0 aliphatic rings. The van der Waals surface area contributed by atoms with Gasteiger partial charge in [0.05, 0.1) is 0 Å². The quantitative estimate of drug-likeness (QED) is 0.367. The molecule has 0 aromatic heterocycles. The van der Waals surface area contributed by atoms with Gasteiger partial charge in [0, 0.05) is 20.3 Å². The number of alkyl halides is 2. The highest BCUT2D eigenvalue weighted by atomic mass is 28.4. The predicted octanol–water partition coefficient (Wildman–Crippen LogP) is 4.60. The fraction of sp³-hybridized carbons (Fsp3) is 1.00. The first kappa shape index (κ1) is 19.0. The average molecular weight is 298 g/mol. The standard InChI is InChI=1S/C13H28F2O3Si/c1-4-5-6-7-8-9-10-11-12-19(16-2,17-3)18-13(14)15/h13H,4-12H2,1-3H3. The minimum atomic E-state index is -3.14. The highest BCUT2D eigenvalue weighted by Crippen LogP contribution is 2.21. The van der Waals surface area contributed by atoms with Gasteiger partial charge in [-0.1, -0.05) is 51.9 Å². The number of rotatable bonds is 13. The molecule has 0 saturated heterocycles. The van der Waals surface area contributed by atoms with E-state index in [4.69, 9.17) is 8.85 Å². The summed E-state index contributed by atoms with van der Waals surface area (Å²) in [6, 6.07) is 0.458. The van der Waals surface area contributed by atoms with Gasteiger partial charge in [0.2, 0.25) is 0 Å². The molecule has 0 aliphatic carbocycles. The fourth-order valence-electron chi connectivity index (χ4n) is 2.05. The van der Waals surface area contributed by atoms with Crippen molar-refractivity contribution in [2.45, 2.75) is 70.9 Å². The first-order valence-electron chi connectivity index (χ1n) is 7.16. The van der Waals surface area contributed by atoms with Crippen LogP contribution in [0.25, 0.3) is 0 Å². The highest BCUT2D eigenvalue weighted by Gasteiger charge is 2.41. The van der Waals surface area contributed by atoms with Gasteiger partial charge in [-0.25, -0.2) is 0 Å². The number of unbranched alkanes of at least 4 members (excludes halogenated alkanes) is 7. The molecule has 0 amide bonds. The molecule has 116 valence electrons. The summed E-state index contributed by atoms with van der Waals surface area (Å²) in [5, 5.41) is 0. The lowest BCUT2D eigenvalue weighted by molar-refractivity contribution is -0.0970. The van der Waals surface area contributed by atoms with Crippen LogP contribution in [-0.4, -0.2) is 29.6 Å². The fourth-order valence-corrected chi connectivity index (χ4v) is 3.89. The van der Waals surface area contributed by atoms with Crippen molar-refractivity contribution in [2.75, 3.05) is 14.2 Å². The van der Waals surface area contributed by atoms with Crippen LogP contribution in [0.3, 0.4) is 0 Å². The van der Waals surface area contributed by atoms with Crippen LogP contribution in [0, 0.1) is 0 Å². The van der Waals surface area contributed by atoms with Crippen LogP contribution in [0.1, 0.15) is 58.3 Å². The lowest BCUT2D eigenvalue weighted by atomic mass is 10.1. The van der Waals surface area contributed by atoms with Crippen LogP contribution in [0.2, 0.25) is 6.04 Å². The summed E-state index contributed by atoms with van der Waals surface area (Å²) in [7, 11) is -0.382. The van der Waals surface area contributed by atoms with Crippen molar-refractivity contribution >= 4 is 8.80 Å². The topological polar surface area (TPSA) is 27.7 Å². The molecule has 0 bridgehead atoms. The Morgan fingerprint density at radius 2 is 1.32 bits per heavy atom. The maximum absolute atomic E-state index is 12.3. The van der Waals surface area contributed by atoms with Gasteiger partial charge in [-0.05, 0) is 6.42 Å². The van der Waals surface area contributed by atoms with E-state index in [-0.39, 0.29) is 0 Å². The van der Waals surface area contributed by atoms with Gasteiger partial charge in [-0.3, -0.25) is 0 Å². The molecule has 0 spiro atoms. The molecule has 0 atom stereocenters. The maximum Gasteiger partial charge on any atom is 0.504 e. The molecule has 0 unspecified atom stereocenters. The van der Waals surface area contributed by atoms with Gasteiger partial charge in [0.25, 0.3) is 0 Å². The minimum Gasteiger partial charge on any atom is -0.377 e. The van der Waals surface area contributed by atoms with E-state index < -0.39 is 15.4 Å². The molecular weight excluding hydrogens is 270 g/mol. The smallest absolute Gasteiger partial charge is 0.377 e. The third-order valence-electron chi connectivity index (χ3n) is 3.23. The average Bonchev–Trinajstić information content (AvgIpc) is 2.40. The molecule has 19 heavy (non-hydrogen) atoms. The van der Waals surface area contributed by atoms with Crippen LogP contribution in [0.15, 0.2) is 0 Å². The maximum atomic E-state index is 12.3. The Balaban J connectivity index is 3.70. The van der Waals surface area contributed by atoms with E-state index in [0.717, 1.165) is 19.3 Å². The zero-order chi connectivity index (χ0) is 14.6. The van der Waals surface area contributed by atoms with Gasteiger partial charge < -0.3 is 13.3 Å². The third kappa shape index (κ3) is 9.48. The summed E-state index contributed by atoms with van der Waals surface area (Å²) in [5.41, 5.74) is 0. The Bertz CT molecular complexity index is 202. The summed E-state index contributed by atoms with van der Waals surface area (Å²) < 4.78 is 39.3. The van der Waals surface area contributed by atoms with Crippen LogP contribution < -0.4 is 0 Å². The monoisotopic (exact) mass is 298 g/mol. The molecular formula is C13H28F2O3Si. The summed E-state index contributed by atoms with van der Waals surface area (Å²) in [5.74, 6) is 0. The molecule has 6 heteroatoms. The van der Waals surface area contributed by atoms with Gasteiger partial charge in [-0.15, -0.1) is 0 Å². The predicted molar refractivity (Wildman–Crippen MR) is 74.3 cm³/mol. The zero-order valence-corrected chi connectivity index (χ0v) is 13.4. The second-order valence-corrected chi connectivity index (χ2v) is 7.61. The molecule has 0 aromatic rings. The lowest BCUT2D eigenvalue weighted by Crippen LogP contribution is -2.45. The van der Waals surface area contributed by atoms with Crippen molar-refractivity contribution in [1.82, 2.24) is 0 Å². The third-order valence-corrected chi connectivity index (χ3v) is 5.97. The van der Waals surface area contributed by atoms with Crippen molar-refractivity contribution in [3.05, 3.63) is 0 Å². The molecule has 0 saturated carbocycles. The van der Waals surface area contributed by atoms with Gasteiger partial charge in [0.15, 0.2) is 0 Å². The number of halogens is 2. The summed E-state index contributed by atoms with van der Waals surface area (Å²) in [6.45, 7) is -0.636. The minimum absolute atomic E-state index is 0.458. The van der Waals surface area contributed by atoms with Crippen molar-refractivity contribution < 1.29 is 22.1 Å². The molecule has 0 heterocycles. The largest absolute Gasteiger partial charge is 0.504 e. The van der Waals surface area contributed by atoms with E-state index >= 15 is 0 Å². The molecule has 0 aliphatic heterocycles. The summed E-state index contributed by atoms with van der Waals surface area (Å²) in [6.07, 6.45) is 9.28. The van der Waals surface area contributed by atoms with Crippen LogP contribution >= 0.6 is 0 Å². The second-order valence-electron chi connectivity index (χ2n) is 4.69. The molecule has 0 fully saturated rings. The van der Waals surface area contributed by atoms with E-state index in [9.17, 15) is 8.78 Å². The molecule has 0 radical (unpaired) electrons. The van der Waals surface area contributed by atoms with Crippen molar-refractivity contribution in [2.24, 2.45) is 0 Å². The van der Waals surface area contributed by atoms with E-state index in [1.807, 2.05) is 0 Å². The Morgan fingerprint density at radius 1 is 0.842 bits per heavy atom. The molecule has 0 N–H and O–H groups in total. The lowest BCUT2D eigenvalue weighted by Gasteiger charge is -2.25. The van der Waals surface area contributed by atoms with Crippen molar-refractivity contribution in [3.63, 3.8) is 0 Å². The highest BCUT2D eigenvalue weighted by molar-refractivity contribution is 6.60. The van der Waals surface area contributed by atoms with Crippen LogP contribution in [0.4, 0.5) is 8.78 Å². The van der Waals surface area contributed by atoms with Gasteiger partial charge in [-0.2, -0.15) is 8.78 Å². The number of hydrogen-bond donors (Lipinski definition) is 0. The van der Waals surface area contributed by atoms with Crippen molar-refractivity contribution in [3.8, 4) is 0 Å². The zero-order valence-electron chi connectivity index (χ0n) is 12.4. The molecule has 3 nitrogen and oxygen atoms in total. The Morgan fingerprint density at radius 3 is 1.74 bits per heavy atom. The van der Waals surface area contributed by atoms with Gasteiger partial charge >= 0.3 is 15.4 Å². The summed E-state index contributed by atoms with van der Waals surface area (Å²) in [4.78, 5) is 0. The normalized spacial score (nSPS) is 12.3. The Labute approximate surface area is 117 Å².